The molecule has 0 saturated heterocycles. The van der Waals surface area contributed by atoms with Crippen molar-refractivity contribution >= 4 is 41.5 Å². The molecule has 0 amide bonds. The average molecular weight is 533 g/mol. The van der Waals surface area contributed by atoms with Gasteiger partial charge in [-0.05, 0) is 30.5 Å². The summed E-state index contributed by atoms with van der Waals surface area (Å²) in [4.78, 5) is 8.92. The zero-order valence-corrected chi connectivity index (χ0v) is 20.3. The highest BCUT2D eigenvalue weighted by molar-refractivity contribution is 14.0. The van der Waals surface area contributed by atoms with Crippen LogP contribution in [0.3, 0.4) is 0 Å². The van der Waals surface area contributed by atoms with Gasteiger partial charge in [0.15, 0.2) is 11.8 Å². The lowest BCUT2D eigenvalue weighted by Gasteiger charge is -2.26. The molecule has 1 aromatic heterocycles. The number of aryl methyl sites for hydroxylation is 1. The Hall–Kier alpha value is -1.39. The monoisotopic (exact) mass is 532 g/mol. The molecule has 0 saturated carbocycles. The molecule has 0 fully saturated rings. The maximum atomic E-state index is 6.01. The van der Waals surface area contributed by atoms with Crippen LogP contribution in [-0.4, -0.2) is 47.5 Å². The number of methoxy groups -OCH3 is 1. The zero-order valence-electron chi connectivity index (χ0n) is 17.2. The number of nitrogens with zero attached hydrogens (tertiary/aromatic N) is 4. The van der Waals surface area contributed by atoms with Crippen molar-refractivity contribution in [1.29, 1.82) is 0 Å². The van der Waals surface area contributed by atoms with Crippen molar-refractivity contribution in [2.75, 3.05) is 20.7 Å². The number of benzene rings is 1. The molecule has 0 aliphatic carbocycles. The Morgan fingerprint density at radius 1 is 1.38 bits per heavy atom. The van der Waals surface area contributed by atoms with Gasteiger partial charge in [0, 0.05) is 44.1 Å². The summed E-state index contributed by atoms with van der Waals surface area (Å²) < 4.78 is 7.11. The number of ether oxygens (including phenoxy) is 1. The largest absolute Gasteiger partial charge is 0.377 e. The maximum Gasteiger partial charge on any atom is 0.191 e. The van der Waals surface area contributed by atoms with Gasteiger partial charge in [-0.25, -0.2) is 9.67 Å². The van der Waals surface area contributed by atoms with E-state index in [4.69, 9.17) is 16.3 Å². The highest BCUT2D eigenvalue weighted by atomic mass is 127. The summed E-state index contributed by atoms with van der Waals surface area (Å²) in [6, 6.07) is 8.36. The number of nitrogens with one attached hydrogen (secondary N) is 2. The van der Waals surface area contributed by atoms with Crippen LogP contribution in [0.25, 0.3) is 0 Å². The van der Waals surface area contributed by atoms with Crippen molar-refractivity contribution in [3.63, 3.8) is 0 Å². The summed E-state index contributed by atoms with van der Waals surface area (Å²) in [5, 5.41) is 12.3. The normalized spacial score (nSPS) is 17.2. The Bertz CT molecular complexity index is 795. The molecule has 0 bridgehead atoms. The number of aromatic nitrogens is 3. The van der Waals surface area contributed by atoms with Crippen LogP contribution in [0.4, 0.5) is 0 Å². The number of guanidine groups is 1. The standard InChI is InChI=1S/C20H29ClN6O.HI/c1-4-14(15-5-7-16(21)8-6-15)11-23-20(22-2)24-17-9-10-19-25-18(13-28-3)26-27(19)12-17;/h5-8,14,17H,4,9-13H2,1-3H3,(H2,22,23,24);1H. The molecule has 3 rings (SSSR count). The first-order valence-electron chi connectivity index (χ1n) is 9.77. The Morgan fingerprint density at radius 3 is 2.79 bits per heavy atom. The van der Waals surface area contributed by atoms with Crippen molar-refractivity contribution in [3.8, 4) is 0 Å². The summed E-state index contributed by atoms with van der Waals surface area (Å²) in [6.07, 6.45) is 2.94. The van der Waals surface area contributed by atoms with Gasteiger partial charge in [0.1, 0.15) is 12.4 Å². The lowest BCUT2D eigenvalue weighted by atomic mass is 9.96. The van der Waals surface area contributed by atoms with Crippen LogP contribution in [0.2, 0.25) is 5.02 Å². The number of halogens is 2. The van der Waals surface area contributed by atoms with E-state index in [1.54, 1.807) is 14.2 Å². The fourth-order valence-corrected chi connectivity index (χ4v) is 3.64. The molecular weight excluding hydrogens is 503 g/mol. The fourth-order valence-electron chi connectivity index (χ4n) is 3.51. The first-order valence-corrected chi connectivity index (χ1v) is 10.1. The van der Waals surface area contributed by atoms with Crippen LogP contribution in [0.15, 0.2) is 29.3 Å². The lowest BCUT2D eigenvalue weighted by Crippen LogP contribution is -2.47. The third kappa shape index (κ3) is 6.55. The average Bonchev–Trinajstić information content (AvgIpc) is 3.10. The lowest BCUT2D eigenvalue weighted by molar-refractivity contribution is 0.177. The van der Waals surface area contributed by atoms with E-state index in [0.29, 0.717) is 12.5 Å². The van der Waals surface area contributed by atoms with Crippen LogP contribution >= 0.6 is 35.6 Å². The second-order valence-corrected chi connectivity index (χ2v) is 7.49. The molecule has 2 N–H and O–H groups in total. The Kier molecular flexibility index (Phi) is 9.64. The molecule has 160 valence electrons. The minimum Gasteiger partial charge on any atom is -0.377 e. The first-order chi connectivity index (χ1) is 13.6. The number of fused-ring (bicyclic) bond motifs is 1. The minimum absolute atomic E-state index is 0. The van der Waals surface area contributed by atoms with E-state index < -0.39 is 0 Å². The molecule has 29 heavy (non-hydrogen) atoms. The van der Waals surface area contributed by atoms with Gasteiger partial charge in [0.05, 0.1) is 6.54 Å². The van der Waals surface area contributed by atoms with Crippen LogP contribution < -0.4 is 10.6 Å². The molecule has 2 heterocycles. The van der Waals surface area contributed by atoms with Gasteiger partial charge in [0.2, 0.25) is 0 Å². The Morgan fingerprint density at radius 2 is 2.14 bits per heavy atom. The van der Waals surface area contributed by atoms with Crippen molar-refractivity contribution in [2.45, 2.75) is 51.3 Å². The Labute approximate surface area is 194 Å². The second-order valence-electron chi connectivity index (χ2n) is 7.05. The van der Waals surface area contributed by atoms with E-state index in [1.807, 2.05) is 16.8 Å². The third-order valence-corrected chi connectivity index (χ3v) is 5.34. The predicted octanol–water partition coefficient (Wildman–Crippen LogP) is 3.37. The van der Waals surface area contributed by atoms with Crippen molar-refractivity contribution < 1.29 is 4.74 Å². The van der Waals surface area contributed by atoms with Gasteiger partial charge in [-0.3, -0.25) is 4.99 Å². The summed E-state index contributed by atoms with van der Waals surface area (Å²) >= 11 is 6.01. The Balaban J connectivity index is 0.00000300. The predicted molar refractivity (Wildman–Crippen MR) is 127 cm³/mol. The van der Waals surface area contributed by atoms with Crippen LogP contribution in [-0.2, 0) is 24.3 Å². The number of hydrogen-bond donors (Lipinski definition) is 2. The second kappa shape index (κ2) is 11.7. The number of aliphatic imine (C=N–C) groups is 1. The highest BCUT2D eigenvalue weighted by Gasteiger charge is 2.22. The molecule has 2 unspecified atom stereocenters. The van der Waals surface area contributed by atoms with Gasteiger partial charge in [0.25, 0.3) is 0 Å². The molecule has 2 aromatic rings. The maximum absolute atomic E-state index is 6.01. The third-order valence-electron chi connectivity index (χ3n) is 5.09. The van der Waals surface area contributed by atoms with E-state index >= 15 is 0 Å². The van der Waals surface area contributed by atoms with Crippen molar-refractivity contribution in [1.82, 2.24) is 25.4 Å². The fraction of sp³-hybridized carbons (Fsp3) is 0.550. The van der Waals surface area contributed by atoms with Gasteiger partial charge in [-0.2, -0.15) is 5.10 Å². The SMILES string of the molecule is CCC(CNC(=NC)NC1CCc2nc(COC)nn2C1)c1ccc(Cl)cc1.I. The summed E-state index contributed by atoms with van der Waals surface area (Å²) in [5.74, 6) is 3.00. The molecule has 1 aliphatic heterocycles. The summed E-state index contributed by atoms with van der Waals surface area (Å²) in [6.45, 7) is 4.24. The topological polar surface area (TPSA) is 76.4 Å². The van der Waals surface area contributed by atoms with Crippen LogP contribution in [0.1, 0.15) is 42.9 Å². The zero-order chi connectivity index (χ0) is 19.9. The smallest absolute Gasteiger partial charge is 0.191 e. The van der Waals surface area contributed by atoms with E-state index in [2.05, 4.69) is 44.8 Å². The first kappa shape index (κ1) is 23.9. The van der Waals surface area contributed by atoms with Gasteiger partial charge < -0.3 is 15.4 Å². The van der Waals surface area contributed by atoms with Crippen LogP contribution in [0.5, 0.6) is 0 Å². The van der Waals surface area contributed by atoms with Crippen molar-refractivity contribution in [2.24, 2.45) is 4.99 Å². The van der Waals surface area contributed by atoms with E-state index in [-0.39, 0.29) is 30.0 Å². The molecule has 1 aromatic carbocycles. The minimum atomic E-state index is 0. The molecule has 9 heteroatoms. The van der Waals surface area contributed by atoms with Gasteiger partial charge in [-0.1, -0.05) is 30.7 Å². The molecular formula is C20H30ClIN6O. The summed E-state index contributed by atoms with van der Waals surface area (Å²) in [7, 11) is 3.46. The molecule has 0 radical (unpaired) electrons. The van der Waals surface area contributed by atoms with E-state index in [9.17, 15) is 0 Å². The van der Waals surface area contributed by atoms with Gasteiger partial charge in [-0.15, -0.1) is 24.0 Å². The molecule has 1 aliphatic rings. The van der Waals surface area contributed by atoms with Gasteiger partial charge >= 0.3 is 0 Å². The highest BCUT2D eigenvalue weighted by Crippen LogP contribution is 2.21. The number of hydrogen-bond acceptors (Lipinski definition) is 4. The quantitative estimate of drug-likeness (QED) is 0.325. The molecule has 0 spiro atoms. The van der Waals surface area contributed by atoms with Crippen LogP contribution in [0, 0.1) is 0 Å². The summed E-state index contributed by atoms with van der Waals surface area (Å²) in [5.41, 5.74) is 1.28. The van der Waals surface area contributed by atoms with E-state index in [0.717, 1.165) is 55.0 Å². The molecule has 7 nitrogen and oxygen atoms in total. The van der Waals surface area contributed by atoms with E-state index in [1.165, 1.54) is 5.56 Å². The molecule has 2 atom stereocenters. The number of rotatable bonds is 7. The van der Waals surface area contributed by atoms with Crippen molar-refractivity contribution in [3.05, 3.63) is 46.5 Å².